The van der Waals surface area contributed by atoms with Crippen LogP contribution in [0.5, 0.6) is 0 Å². The van der Waals surface area contributed by atoms with Crippen LogP contribution in [0, 0.1) is 0 Å². The van der Waals surface area contributed by atoms with Gasteiger partial charge in [0.15, 0.2) is 0 Å². The van der Waals surface area contributed by atoms with E-state index in [4.69, 9.17) is 5.73 Å². The monoisotopic (exact) mass is 376 g/mol. The van der Waals surface area contributed by atoms with Crippen molar-refractivity contribution in [2.24, 2.45) is 12.8 Å². The molecule has 2 saturated heterocycles. The number of hydrogen-bond acceptors (Lipinski definition) is 5. The standard InChI is InChI=1S/C21H24N6O/c1-26-12-15(11-25-26)20-5-13-4-17(23-9-14(13)10-24-20)8-21(28)27-18-2-3-19(27)7-16(22)6-18/h4-5,9-12,16,18-19H,2-3,6-8,22H2,1H3/t16?,18-,19+. The van der Waals surface area contributed by atoms with Gasteiger partial charge in [0, 0.05) is 54.7 Å². The Morgan fingerprint density at radius 1 is 1.11 bits per heavy atom. The SMILES string of the molecule is Cn1cc(-c2cc3cc(CC(=O)N4[C@@H]5CC[C@H]4CC(N)C5)ncc3cn2)cn1. The summed E-state index contributed by atoms with van der Waals surface area (Å²) in [7, 11) is 1.89. The van der Waals surface area contributed by atoms with E-state index in [0.717, 1.165) is 53.4 Å². The molecular formula is C21H24N6O. The zero-order valence-electron chi connectivity index (χ0n) is 16.0. The summed E-state index contributed by atoms with van der Waals surface area (Å²) in [6.07, 6.45) is 11.7. The van der Waals surface area contributed by atoms with Gasteiger partial charge in [0.05, 0.1) is 24.0 Å². The highest BCUT2D eigenvalue weighted by atomic mass is 16.2. The van der Waals surface area contributed by atoms with Crippen LogP contribution in [0.3, 0.4) is 0 Å². The summed E-state index contributed by atoms with van der Waals surface area (Å²) in [6.45, 7) is 0. The number of rotatable bonds is 3. The van der Waals surface area contributed by atoms with Crippen LogP contribution < -0.4 is 5.73 Å². The molecule has 2 aliphatic heterocycles. The number of pyridine rings is 2. The van der Waals surface area contributed by atoms with E-state index in [2.05, 4.69) is 20.0 Å². The van der Waals surface area contributed by atoms with Gasteiger partial charge in [-0.25, -0.2) is 0 Å². The van der Waals surface area contributed by atoms with Gasteiger partial charge in [-0.1, -0.05) is 0 Å². The van der Waals surface area contributed by atoms with Crippen molar-refractivity contribution in [3.05, 3.63) is 42.6 Å². The zero-order valence-corrected chi connectivity index (χ0v) is 16.0. The molecule has 3 aromatic rings. The molecule has 5 heterocycles. The van der Waals surface area contributed by atoms with Crippen LogP contribution >= 0.6 is 0 Å². The minimum atomic E-state index is 0.174. The second-order valence-electron chi connectivity index (χ2n) is 8.09. The molecule has 144 valence electrons. The van der Waals surface area contributed by atoms with Gasteiger partial charge in [-0.15, -0.1) is 0 Å². The Bertz CT molecular complexity index is 1030. The van der Waals surface area contributed by atoms with E-state index in [-0.39, 0.29) is 11.9 Å². The fraction of sp³-hybridized carbons (Fsp3) is 0.429. The highest BCUT2D eigenvalue weighted by Gasteiger charge is 2.41. The summed E-state index contributed by atoms with van der Waals surface area (Å²) in [5.41, 5.74) is 8.78. The minimum absolute atomic E-state index is 0.174. The maximum atomic E-state index is 13.0. The summed E-state index contributed by atoms with van der Waals surface area (Å²) in [6, 6.07) is 4.89. The Labute approximate surface area is 163 Å². The minimum Gasteiger partial charge on any atom is -0.336 e. The number of piperidine rings is 1. The van der Waals surface area contributed by atoms with Crippen LogP contribution in [0.1, 0.15) is 31.4 Å². The van der Waals surface area contributed by atoms with Crippen molar-refractivity contribution < 1.29 is 4.79 Å². The number of fused-ring (bicyclic) bond motifs is 3. The van der Waals surface area contributed by atoms with Gasteiger partial charge >= 0.3 is 0 Å². The van der Waals surface area contributed by atoms with Gasteiger partial charge in [0.1, 0.15) is 0 Å². The Morgan fingerprint density at radius 2 is 1.86 bits per heavy atom. The molecule has 2 N–H and O–H groups in total. The number of carbonyl (C=O) groups is 1. The van der Waals surface area contributed by atoms with Gasteiger partial charge in [0.25, 0.3) is 0 Å². The van der Waals surface area contributed by atoms with Crippen LogP contribution in [0.4, 0.5) is 0 Å². The summed E-state index contributed by atoms with van der Waals surface area (Å²) in [5.74, 6) is 0.174. The van der Waals surface area contributed by atoms with Crippen molar-refractivity contribution in [2.45, 2.75) is 50.2 Å². The first-order valence-corrected chi connectivity index (χ1v) is 9.87. The topological polar surface area (TPSA) is 89.9 Å². The fourth-order valence-corrected chi connectivity index (χ4v) is 4.76. The van der Waals surface area contributed by atoms with Crippen molar-refractivity contribution >= 4 is 16.7 Å². The Morgan fingerprint density at radius 3 is 2.57 bits per heavy atom. The highest BCUT2D eigenvalue weighted by molar-refractivity contribution is 5.86. The van der Waals surface area contributed by atoms with Gasteiger partial charge < -0.3 is 10.6 Å². The van der Waals surface area contributed by atoms with Crippen LogP contribution in [-0.4, -0.2) is 48.7 Å². The molecule has 7 nitrogen and oxygen atoms in total. The van der Waals surface area contributed by atoms with Crippen LogP contribution in [0.15, 0.2) is 36.9 Å². The molecule has 5 rings (SSSR count). The van der Waals surface area contributed by atoms with E-state index in [1.165, 1.54) is 0 Å². The average Bonchev–Trinajstić information content (AvgIpc) is 3.22. The fourth-order valence-electron chi connectivity index (χ4n) is 4.76. The molecule has 28 heavy (non-hydrogen) atoms. The average molecular weight is 376 g/mol. The predicted molar refractivity (Wildman–Crippen MR) is 106 cm³/mol. The third-order valence-corrected chi connectivity index (χ3v) is 6.05. The lowest BCUT2D eigenvalue weighted by atomic mass is 9.97. The van der Waals surface area contributed by atoms with Crippen molar-refractivity contribution in [3.8, 4) is 11.3 Å². The number of aromatic nitrogens is 4. The molecule has 0 aliphatic carbocycles. The van der Waals surface area contributed by atoms with E-state index in [9.17, 15) is 4.79 Å². The van der Waals surface area contributed by atoms with Gasteiger partial charge in [-0.05, 0) is 43.2 Å². The lowest BCUT2D eigenvalue weighted by molar-refractivity contribution is -0.135. The first-order valence-electron chi connectivity index (χ1n) is 9.87. The van der Waals surface area contributed by atoms with E-state index in [0.29, 0.717) is 18.5 Å². The molecule has 7 heteroatoms. The van der Waals surface area contributed by atoms with E-state index in [1.54, 1.807) is 17.1 Å². The Hall–Kier alpha value is -2.80. The highest BCUT2D eigenvalue weighted by Crippen LogP contribution is 2.35. The molecule has 3 aromatic heterocycles. The summed E-state index contributed by atoms with van der Waals surface area (Å²) >= 11 is 0. The number of nitrogens with zero attached hydrogens (tertiary/aromatic N) is 5. The number of amides is 1. The molecule has 2 aliphatic rings. The van der Waals surface area contributed by atoms with E-state index >= 15 is 0 Å². The molecule has 0 spiro atoms. The van der Waals surface area contributed by atoms with Gasteiger partial charge in [-0.2, -0.15) is 5.10 Å². The molecule has 1 amide bonds. The third-order valence-electron chi connectivity index (χ3n) is 6.05. The second-order valence-corrected chi connectivity index (χ2v) is 8.09. The normalized spacial score (nSPS) is 24.1. The molecule has 2 bridgehead atoms. The van der Waals surface area contributed by atoms with Crippen molar-refractivity contribution in [3.63, 3.8) is 0 Å². The maximum Gasteiger partial charge on any atom is 0.229 e. The smallest absolute Gasteiger partial charge is 0.229 e. The molecule has 3 atom stereocenters. The second kappa shape index (κ2) is 6.67. The number of carbonyl (C=O) groups excluding carboxylic acids is 1. The summed E-state index contributed by atoms with van der Waals surface area (Å²) in [4.78, 5) is 24.1. The molecule has 0 aromatic carbocycles. The predicted octanol–water partition coefficient (Wildman–Crippen LogP) is 2.05. The molecule has 2 fully saturated rings. The molecule has 0 saturated carbocycles. The number of nitrogens with two attached hydrogens (primary N) is 1. The molecule has 0 radical (unpaired) electrons. The van der Waals surface area contributed by atoms with E-state index in [1.807, 2.05) is 31.6 Å². The zero-order chi connectivity index (χ0) is 19.3. The summed E-state index contributed by atoms with van der Waals surface area (Å²) in [5, 5.41) is 6.22. The van der Waals surface area contributed by atoms with Crippen molar-refractivity contribution in [2.75, 3.05) is 0 Å². The lowest BCUT2D eigenvalue weighted by Crippen LogP contribution is -2.50. The van der Waals surface area contributed by atoms with Crippen LogP contribution in [-0.2, 0) is 18.3 Å². The quantitative estimate of drug-likeness (QED) is 0.756. The van der Waals surface area contributed by atoms with Crippen LogP contribution in [0.2, 0.25) is 0 Å². The first-order chi connectivity index (χ1) is 13.6. The molecular weight excluding hydrogens is 352 g/mol. The molecule has 1 unspecified atom stereocenters. The van der Waals surface area contributed by atoms with Crippen LogP contribution in [0.25, 0.3) is 22.0 Å². The first kappa shape index (κ1) is 17.3. The number of aryl methyl sites for hydroxylation is 1. The Kier molecular flexibility index (Phi) is 4.12. The Balaban J connectivity index is 1.39. The van der Waals surface area contributed by atoms with Crippen molar-refractivity contribution in [1.82, 2.24) is 24.6 Å². The van der Waals surface area contributed by atoms with Gasteiger partial charge in [-0.3, -0.25) is 19.4 Å². The summed E-state index contributed by atoms with van der Waals surface area (Å²) < 4.78 is 1.76. The largest absolute Gasteiger partial charge is 0.336 e. The maximum absolute atomic E-state index is 13.0. The van der Waals surface area contributed by atoms with Gasteiger partial charge in [0.2, 0.25) is 5.91 Å². The number of hydrogen-bond donors (Lipinski definition) is 1. The van der Waals surface area contributed by atoms with E-state index < -0.39 is 0 Å². The lowest BCUT2D eigenvalue weighted by Gasteiger charge is -2.37. The third kappa shape index (κ3) is 3.05. The van der Waals surface area contributed by atoms with Crippen molar-refractivity contribution in [1.29, 1.82) is 0 Å².